The molecule has 1 N–H and O–H groups in total. The first-order chi connectivity index (χ1) is 10.8. The second-order valence-corrected chi connectivity index (χ2v) is 6.38. The first kappa shape index (κ1) is 13.6. The molecule has 1 aromatic heterocycles. The molecule has 4 rings (SSSR count). The van der Waals surface area contributed by atoms with E-state index in [1.165, 1.54) is 24.1 Å². The van der Waals surface area contributed by atoms with Gasteiger partial charge in [0.25, 0.3) is 0 Å². The highest BCUT2D eigenvalue weighted by Gasteiger charge is 2.27. The van der Waals surface area contributed by atoms with E-state index in [-0.39, 0.29) is 0 Å². The van der Waals surface area contributed by atoms with Crippen LogP contribution in [0.2, 0.25) is 0 Å². The third-order valence-corrected chi connectivity index (χ3v) is 4.62. The van der Waals surface area contributed by atoms with Crippen molar-refractivity contribution in [2.24, 2.45) is 0 Å². The van der Waals surface area contributed by atoms with Crippen LogP contribution in [0.4, 0.5) is 11.5 Å². The van der Waals surface area contributed by atoms with Gasteiger partial charge in [-0.1, -0.05) is 18.2 Å². The molecule has 0 spiro atoms. The Morgan fingerprint density at radius 3 is 2.95 bits per heavy atom. The molecule has 0 unspecified atom stereocenters. The van der Waals surface area contributed by atoms with E-state index in [0.717, 1.165) is 31.2 Å². The van der Waals surface area contributed by atoms with Crippen LogP contribution in [0.15, 0.2) is 36.5 Å². The maximum atomic E-state index is 4.62. The topological polar surface area (TPSA) is 41.0 Å². The van der Waals surface area contributed by atoms with Gasteiger partial charge in [-0.05, 0) is 43.9 Å². The summed E-state index contributed by atoms with van der Waals surface area (Å²) >= 11 is 0. The SMILES string of the molecule is C[C@H]1Cc2ccccc2N1CCNc1ccnc(C2CC2)n1. The predicted octanol–water partition coefficient (Wildman–Crippen LogP) is 3.22. The molecule has 1 saturated carbocycles. The maximum Gasteiger partial charge on any atom is 0.133 e. The fourth-order valence-electron chi connectivity index (χ4n) is 3.29. The van der Waals surface area contributed by atoms with Crippen molar-refractivity contribution in [1.82, 2.24) is 9.97 Å². The smallest absolute Gasteiger partial charge is 0.133 e. The number of rotatable bonds is 5. The van der Waals surface area contributed by atoms with Crippen LogP contribution in [0.5, 0.6) is 0 Å². The lowest BCUT2D eigenvalue weighted by Crippen LogP contribution is -2.33. The fraction of sp³-hybridized carbons (Fsp3) is 0.444. The second-order valence-electron chi connectivity index (χ2n) is 6.38. The minimum atomic E-state index is 0.576. The van der Waals surface area contributed by atoms with Crippen molar-refractivity contribution in [3.8, 4) is 0 Å². The van der Waals surface area contributed by atoms with Crippen molar-refractivity contribution < 1.29 is 0 Å². The number of aromatic nitrogens is 2. The summed E-state index contributed by atoms with van der Waals surface area (Å²) in [6, 6.07) is 11.3. The highest BCUT2D eigenvalue weighted by atomic mass is 15.2. The predicted molar refractivity (Wildman–Crippen MR) is 89.5 cm³/mol. The molecule has 1 aliphatic heterocycles. The number of fused-ring (bicyclic) bond motifs is 1. The zero-order valence-corrected chi connectivity index (χ0v) is 13.0. The fourth-order valence-corrected chi connectivity index (χ4v) is 3.29. The Balaban J connectivity index is 1.38. The quantitative estimate of drug-likeness (QED) is 0.919. The van der Waals surface area contributed by atoms with E-state index < -0.39 is 0 Å². The Kier molecular flexibility index (Phi) is 3.45. The Bertz CT molecular complexity index is 666. The molecule has 2 heterocycles. The minimum Gasteiger partial charge on any atom is -0.368 e. The van der Waals surface area contributed by atoms with Crippen molar-refractivity contribution >= 4 is 11.5 Å². The molecule has 1 aromatic carbocycles. The van der Waals surface area contributed by atoms with Gasteiger partial charge in [0.15, 0.2) is 0 Å². The molecule has 1 atom stereocenters. The Labute approximate surface area is 131 Å². The zero-order chi connectivity index (χ0) is 14.9. The van der Waals surface area contributed by atoms with Crippen LogP contribution in [0, 0.1) is 0 Å². The van der Waals surface area contributed by atoms with Gasteiger partial charge in [0.05, 0.1) is 0 Å². The monoisotopic (exact) mass is 294 g/mol. The molecule has 0 radical (unpaired) electrons. The van der Waals surface area contributed by atoms with Gasteiger partial charge in [0, 0.05) is 36.9 Å². The van der Waals surface area contributed by atoms with Gasteiger partial charge in [-0.15, -0.1) is 0 Å². The van der Waals surface area contributed by atoms with Crippen molar-refractivity contribution in [3.63, 3.8) is 0 Å². The van der Waals surface area contributed by atoms with Gasteiger partial charge in [-0.3, -0.25) is 0 Å². The number of para-hydroxylation sites is 1. The summed E-state index contributed by atoms with van der Waals surface area (Å²) in [5.74, 6) is 2.56. The molecular formula is C18H22N4. The summed E-state index contributed by atoms with van der Waals surface area (Å²) in [6.07, 6.45) is 5.50. The molecule has 1 aliphatic carbocycles. The molecule has 114 valence electrons. The molecule has 0 amide bonds. The zero-order valence-electron chi connectivity index (χ0n) is 13.0. The number of nitrogens with one attached hydrogen (secondary N) is 1. The molecule has 2 aliphatic rings. The van der Waals surface area contributed by atoms with Crippen molar-refractivity contribution in [2.75, 3.05) is 23.3 Å². The number of anilines is 2. The average molecular weight is 294 g/mol. The van der Waals surface area contributed by atoms with Crippen LogP contribution in [-0.2, 0) is 6.42 Å². The van der Waals surface area contributed by atoms with Crippen LogP contribution < -0.4 is 10.2 Å². The lowest BCUT2D eigenvalue weighted by atomic mass is 10.1. The van der Waals surface area contributed by atoms with Crippen LogP contribution in [0.1, 0.15) is 37.1 Å². The molecule has 2 aromatic rings. The number of nitrogens with zero attached hydrogens (tertiary/aromatic N) is 3. The van der Waals surface area contributed by atoms with Crippen LogP contribution in [-0.4, -0.2) is 29.1 Å². The highest BCUT2D eigenvalue weighted by molar-refractivity contribution is 5.59. The summed E-state index contributed by atoms with van der Waals surface area (Å²) in [5, 5.41) is 3.45. The Morgan fingerprint density at radius 1 is 1.23 bits per heavy atom. The van der Waals surface area contributed by atoms with E-state index in [4.69, 9.17) is 0 Å². The lowest BCUT2D eigenvalue weighted by molar-refractivity contribution is 0.680. The maximum absolute atomic E-state index is 4.62. The van der Waals surface area contributed by atoms with Gasteiger partial charge in [0.2, 0.25) is 0 Å². The molecule has 4 heteroatoms. The standard InChI is InChI=1S/C18H22N4/c1-13-12-15-4-2-3-5-16(15)22(13)11-10-19-17-8-9-20-18(21-17)14-6-7-14/h2-5,8-9,13-14H,6-7,10-12H2,1H3,(H,19,20,21)/t13-/m0/s1. The normalized spacial score (nSPS) is 20.0. The first-order valence-electron chi connectivity index (χ1n) is 8.22. The van der Waals surface area contributed by atoms with Gasteiger partial charge in [-0.25, -0.2) is 9.97 Å². The number of hydrogen-bond acceptors (Lipinski definition) is 4. The second kappa shape index (κ2) is 5.59. The molecule has 0 saturated heterocycles. The van der Waals surface area contributed by atoms with Crippen LogP contribution >= 0.6 is 0 Å². The van der Waals surface area contributed by atoms with E-state index in [2.05, 4.69) is 51.4 Å². The van der Waals surface area contributed by atoms with Crippen molar-refractivity contribution in [3.05, 3.63) is 47.9 Å². The van der Waals surface area contributed by atoms with Gasteiger partial charge < -0.3 is 10.2 Å². The minimum absolute atomic E-state index is 0.576. The highest BCUT2D eigenvalue weighted by Crippen LogP contribution is 2.38. The van der Waals surface area contributed by atoms with Crippen LogP contribution in [0.3, 0.4) is 0 Å². The van der Waals surface area contributed by atoms with Gasteiger partial charge in [-0.2, -0.15) is 0 Å². The summed E-state index contributed by atoms with van der Waals surface area (Å²) < 4.78 is 0. The molecule has 0 bridgehead atoms. The summed E-state index contributed by atoms with van der Waals surface area (Å²) in [5.41, 5.74) is 2.85. The van der Waals surface area contributed by atoms with Gasteiger partial charge in [0.1, 0.15) is 11.6 Å². The number of benzene rings is 1. The summed E-state index contributed by atoms with van der Waals surface area (Å²) in [6.45, 7) is 4.20. The third-order valence-electron chi connectivity index (χ3n) is 4.62. The number of hydrogen-bond donors (Lipinski definition) is 1. The summed E-state index contributed by atoms with van der Waals surface area (Å²) in [4.78, 5) is 11.5. The first-order valence-corrected chi connectivity index (χ1v) is 8.22. The average Bonchev–Trinajstić information content (AvgIpc) is 3.33. The van der Waals surface area contributed by atoms with Crippen molar-refractivity contribution in [1.29, 1.82) is 0 Å². The summed E-state index contributed by atoms with van der Waals surface area (Å²) in [7, 11) is 0. The van der Waals surface area contributed by atoms with E-state index in [1.54, 1.807) is 0 Å². The molecule has 22 heavy (non-hydrogen) atoms. The Morgan fingerprint density at radius 2 is 2.09 bits per heavy atom. The van der Waals surface area contributed by atoms with Crippen LogP contribution in [0.25, 0.3) is 0 Å². The largest absolute Gasteiger partial charge is 0.368 e. The molecule has 1 fully saturated rings. The van der Waals surface area contributed by atoms with E-state index in [1.807, 2.05) is 12.3 Å². The van der Waals surface area contributed by atoms with E-state index >= 15 is 0 Å². The Hall–Kier alpha value is -2.10. The molecular weight excluding hydrogens is 272 g/mol. The van der Waals surface area contributed by atoms with E-state index in [0.29, 0.717) is 12.0 Å². The van der Waals surface area contributed by atoms with Crippen molar-refractivity contribution in [2.45, 2.75) is 38.1 Å². The van der Waals surface area contributed by atoms with E-state index in [9.17, 15) is 0 Å². The van der Waals surface area contributed by atoms with Gasteiger partial charge >= 0.3 is 0 Å². The third kappa shape index (κ3) is 2.65. The molecule has 4 nitrogen and oxygen atoms in total. The lowest BCUT2D eigenvalue weighted by Gasteiger charge is -2.25.